The molecule has 5 nitrogen and oxygen atoms in total. The maximum absolute atomic E-state index is 12.8. The lowest BCUT2D eigenvalue weighted by atomic mass is 10.0. The van der Waals surface area contributed by atoms with Gasteiger partial charge in [-0.05, 0) is 61.4 Å². The second-order valence-corrected chi connectivity index (χ2v) is 8.32. The van der Waals surface area contributed by atoms with E-state index in [0.29, 0.717) is 41.8 Å². The summed E-state index contributed by atoms with van der Waals surface area (Å²) in [6.45, 7) is 6.73. The molecule has 1 saturated heterocycles. The first-order valence-electron chi connectivity index (χ1n) is 9.83. The van der Waals surface area contributed by atoms with Crippen molar-refractivity contribution in [2.24, 2.45) is 0 Å². The molecule has 154 valence electrons. The molecule has 0 radical (unpaired) electrons. The number of rotatable bonds is 3. The molecule has 0 aliphatic carbocycles. The number of hydrogen-bond donors (Lipinski definition) is 0. The van der Waals surface area contributed by atoms with Crippen molar-refractivity contribution in [3.63, 3.8) is 0 Å². The molecule has 0 N–H and O–H groups in total. The second-order valence-electron chi connectivity index (χ2n) is 7.48. The summed E-state index contributed by atoms with van der Waals surface area (Å²) in [7, 11) is 0. The first-order valence-corrected chi connectivity index (χ1v) is 10.6. The molecule has 4 rings (SSSR count). The van der Waals surface area contributed by atoms with E-state index in [-0.39, 0.29) is 5.91 Å². The van der Waals surface area contributed by atoms with Crippen molar-refractivity contribution in [3.05, 3.63) is 75.3 Å². The summed E-state index contributed by atoms with van der Waals surface area (Å²) in [6, 6.07) is 15.2. The van der Waals surface area contributed by atoms with Crippen molar-refractivity contribution >= 4 is 34.9 Å². The van der Waals surface area contributed by atoms with Crippen LogP contribution in [-0.2, 0) is 0 Å². The standard InChI is InChI=1S/C23H22Cl2N4O/c1-15-3-4-17(13-16(15)2)21-7-8-22(27-26-21)28-9-11-29(12-10-28)23(30)19-14-18(24)5-6-20(19)25/h3-8,13-14H,9-12H2,1-2H3. The molecule has 3 aromatic rings. The van der Waals surface area contributed by atoms with Crippen molar-refractivity contribution in [1.29, 1.82) is 0 Å². The smallest absolute Gasteiger partial charge is 0.255 e. The molecule has 0 atom stereocenters. The molecule has 30 heavy (non-hydrogen) atoms. The van der Waals surface area contributed by atoms with Gasteiger partial charge in [0.2, 0.25) is 0 Å². The van der Waals surface area contributed by atoms with Crippen LogP contribution in [0.5, 0.6) is 0 Å². The van der Waals surface area contributed by atoms with Gasteiger partial charge < -0.3 is 9.80 Å². The molecular weight excluding hydrogens is 419 g/mol. The Hall–Kier alpha value is -2.63. The van der Waals surface area contributed by atoms with E-state index in [0.717, 1.165) is 17.1 Å². The van der Waals surface area contributed by atoms with Crippen molar-refractivity contribution in [3.8, 4) is 11.3 Å². The molecule has 0 unspecified atom stereocenters. The van der Waals surface area contributed by atoms with Crippen molar-refractivity contribution in [2.45, 2.75) is 13.8 Å². The highest BCUT2D eigenvalue weighted by Crippen LogP contribution is 2.24. The molecule has 2 aromatic carbocycles. The molecule has 2 heterocycles. The second kappa shape index (κ2) is 8.62. The summed E-state index contributed by atoms with van der Waals surface area (Å²) < 4.78 is 0. The average molecular weight is 441 g/mol. The minimum atomic E-state index is -0.0988. The van der Waals surface area contributed by atoms with Gasteiger partial charge in [-0.15, -0.1) is 10.2 Å². The molecule has 1 amide bonds. The number of piperazine rings is 1. The number of hydrogen-bond acceptors (Lipinski definition) is 4. The van der Waals surface area contributed by atoms with Gasteiger partial charge in [-0.1, -0.05) is 35.3 Å². The monoisotopic (exact) mass is 440 g/mol. The Kier molecular flexibility index (Phi) is 5.93. The fourth-order valence-electron chi connectivity index (χ4n) is 3.52. The van der Waals surface area contributed by atoms with Gasteiger partial charge in [0.25, 0.3) is 5.91 Å². The minimum absolute atomic E-state index is 0.0988. The van der Waals surface area contributed by atoms with Gasteiger partial charge in [0.15, 0.2) is 5.82 Å². The molecular formula is C23H22Cl2N4O. The minimum Gasteiger partial charge on any atom is -0.352 e. The topological polar surface area (TPSA) is 49.3 Å². The zero-order chi connectivity index (χ0) is 21.3. The zero-order valence-electron chi connectivity index (χ0n) is 16.9. The number of carbonyl (C=O) groups excluding carboxylic acids is 1. The SMILES string of the molecule is Cc1ccc(-c2ccc(N3CCN(C(=O)c4cc(Cl)ccc4Cl)CC3)nn2)cc1C. The lowest BCUT2D eigenvalue weighted by molar-refractivity contribution is 0.0746. The summed E-state index contributed by atoms with van der Waals surface area (Å²) in [5.74, 6) is 0.716. The normalized spacial score (nSPS) is 14.1. The highest BCUT2D eigenvalue weighted by atomic mass is 35.5. The predicted octanol–water partition coefficient (Wildman–Crippen LogP) is 5.03. The molecule has 1 fully saturated rings. The highest BCUT2D eigenvalue weighted by Gasteiger charge is 2.24. The Morgan fingerprint density at radius 1 is 0.867 bits per heavy atom. The van der Waals surface area contributed by atoms with Crippen molar-refractivity contribution < 1.29 is 4.79 Å². The van der Waals surface area contributed by atoms with E-state index in [4.69, 9.17) is 23.2 Å². The Balaban J connectivity index is 1.42. The van der Waals surface area contributed by atoms with Crippen molar-refractivity contribution in [2.75, 3.05) is 31.1 Å². The molecule has 0 saturated carbocycles. The van der Waals surface area contributed by atoms with Crippen LogP contribution in [0, 0.1) is 13.8 Å². The van der Waals surface area contributed by atoms with Gasteiger partial charge >= 0.3 is 0 Å². The van der Waals surface area contributed by atoms with E-state index < -0.39 is 0 Å². The van der Waals surface area contributed by atoms with Crippen LogP contribution in [0.1, 0.15) is 21.5 Å². The molecule has 0 bridgehead atoms. The third kappa shape index (κ3) is 4.27. The van der Waals surface area contributed by atoms with Gasteiger partial charge in [-0.3, -0.25) is 4.79 Å². The first kappa shape index (κ1) is 20.6. The van der Waals surface area contributed by atoms with Gasteiger partial charge in [-0.25, -0.2) is 0 Å². The van der Waals surface area contributed by atoms with Crippen LogP contribution in [0.2, 0.25) is 10.0 Å². The third-order valence-electron chi connectivity index (χ3n) is 5.50. The Bertz CT molecular complexity index is 1080. The number of benzene rings is 2. The van der Waals surface area contributed by atoms with Crippen LogP contribution in [0.15, 0.2) is 48.5 Å². The third-order valence-corrected chi connectivity index (χ3v) is 6.07. The first-order chi connectivity index (χ1) is 14.4. The lowest BCUT2D eigenvalue weighted by Gasteiger charge is -2.35. The number of halogens is 2. The van der Waals surface area contributed by atoms with E-state index in [1.165, 1.54) is 11.1 Å². The quantitative estimate of drug-likeness (QED) is 0.572. The maximum Gasteiger partial charge on any atom is 0.255 e. The number of carbonyl (C=O) groups is 1. The summed E-state index contributed by atoms with van der Waals surface area (Å²) in [5.41, 5.74) is 4.85. The Morgan fingerprint density at radius 3 is 2.30 bits per heavy atom. The fraction of sp³-hybridized carbons (Fsp3) is 0.261. The van der Waals surface area contributed by atoms with Gasteiger partial charge in [0.05, 0.1) is 16.3 Å². The molecule has 1 aliphatic heterocycles. The summed E-state index contributed by atoms with van der Waals surface area (Å²) >= 11 is 12.2. The van der Waals surface area contributed by atoms with Crippen LogP contribution in [-0.4, -0.2) is 47.2 Å². The Morgan fingerprint density at radius 2 is 1.63 bits per heavy atom. The number of aromatic nitrogens is 2. The number of amides is 1. The van der Waals surface area contributed by atoms with E-state index in [9.17, 15) is 4.79 Å². The van der Waals surface area contributed by atoms with Crippen LogP contribution in [0.3, 0.4) is 0 Å². The van der Waals surface area contributed by atoms with E-state index >= 15 is 0 Å². The van der Waals surface area contributed by atoms with Crippen LogP contribution in [0.25, 0.3) is 11.3 Å². The zero-order valence-corrected chi connectivity index (χ0v) is 18.4. The van der Waals surface area contributed by atoms with E-state index in [2.05, 4.69) is 47.1 Å². The van der Waals surface area contributed by atoms with Gasteiger partial charge in [0.1, 0.15) is 0 Å². The largest absolute Gasteiger partial charge is 0.352 e. The number of nitrogens with zero attached hydrogens (tertiary/aromatic N) is 4. The van der Waals surface area contributed by atoms with Crippen LogP contribution >= 0.6 is 23.2 Å². The van der Waals surface area contributed by atoms with Crippen molar-refractivity contribution in [1.82, 2.24) is 15.1 Å². The average Bonchev–Trinajstić information content (AvgIpc) is 2.77. The van der Waals surface area contributed by atoms with Gasteiger partial charge in [0, 0.05) is 36.8 Å². The molecule has 1 aromatic heterocycles. The summed E-state index contributed by atoms with van der Waals surface area (Å²) in [4.78, 5) is 16.7. The fourth-order valence-corrected chi connectivity index (χ4v) is 3.89. The molecule has 1 aliphatic rings. The molecule has 0 spiro atoms. The predicted molar refractivity (Wildman–Crippen MR) is 122 cm³/mol. The summed E-state index contributed by atoms with van der Waals surface area (Å²) in [5, 5.41) is 9.75. The lowest BCUT2D eigenvalue weighted by Crippen LogP contribution is -2.49. The van der Waals surface area contributed by atoms with E-state index in [1.807, 2.05) is 12.1 Å². The Labute approximate surface area is 186 Å². The van der Waals surface area contributed by atoms with Gasteiger partial charge in [-0.2, -0.15) is 0 Å². The van der Waals surface area contributed by atoms with Crippen LogP contribution in [0.4, 0.5) is 5.82 Å². The number of anilines is 1. The number of aryl methyl sites for hydroxylation is 2. The maximum atomic E-state index is 12.8. The highest BCUT2D eigenvalue weighted by molar-refractivity contribution is 6.35. The summed E-state index contributed by atoms with van der Waals surface area (Å²) in [6.07, 6.45) is 0. The van der Waals surface area contributed by atoms with E-state index in [1.54, 1.807) is 23.1 Å². The van der Waals surface area contributed by atoms with Crippen LogP contribution < -0.4 is 4.90 Å². The molecule has 7 heteroatoms.